The van der Waals surface area contributed by atoms with Crippen LogP contribution >= 0.6 is 0 Å². The largest absolute Gasteiger partial charge is 0.385 e. The lowest BCUT2D eigenvalue weighted by molar-refractivity contribution is -0.151. The maximum absolute atomic E-state index is 15.5. The number of aromatic nitrogens is 3. The van der Waals surface area contributed by atoms with Crippen LogP contribution in [-0.4, -0.2) is 75.5 Å². The Morgan fingerprint density at radius 3 is 2.43 bits per heavy atom. The molecule has 2 amide bonds. The van der Waals surface area contributed by atoms with Crippen molar-refractivity contribution in [3.05, 3.63) is 77.1 Å². The zero-order valence-electron chi connectivity index (χ0n) is 25.3. The standard InChI is InChI=1S/C32H41FN6O3/c1-20(2)32(41)39-22(4)18-38(26(12-15-42-6)29-28(33)23(5)21(3)16-36-29)19-27(39)31(40)37-17-24-8-10-25(11-9-24)30-34-13-7-14-35-30/h7-11,13-14,16,20,22,26-27H,12,15,17-19H2,1-6H3,(H,37,40)/t22-,26-,27-/m1/s1. The highest BCUT2D eigenvalue weighted by molar-refractivity contribution is 5.89. The van der Waals surface area contributed by atoms with Gasteiger partial charge in [-0.25, -0.2) is 14.4 Å². The second kappa shape index (κ2) is 13.9. The van der Waals surface area contributed by atoms with E-state index in [2.05, 4.69) is 25.2 Å². The first-order valence-electron chi connectivity index (χ1n) is 14.4. The first-order valence-corrected chi connectivity index (χ1v) is 14.4. The number of rotatable bonds is 10. The van der Waals surface area contributed by atoms with Crippen LogP contribution in [0.5, 0.6) is 0 Å². The van der Waals surface area contributed by atoms with Crippen molar-refractivity contribution in [2.45, 2.75) is 65.7 Å². The summed E-state index contributed by atoms with van der Waals surface area (Å²) in [6.07, 6.45) is 5.58. The fourth-order valence-corrected chi connectivity index (χ4v) is 5.42. The number of piperazine rings is 1. The molecule has 0 aliphatic carbocycles. The molecule has 3 aromatic rings. The van der Waals surface area contributed by atoms with Crippen LogP contribution in [0.15, 0.2) is 48.9 Å². The minimum atomic E-state index is -0.750. The minimum Gasteiger partial charge on any atom is -0.385 e. The number of nitrogens with one attached hydrogen (secondary N) is 1. The van der Waals surface area contributed by atoms with Gasteiger partial charge in [-0.2, -0.15) is 0 Å². The van der Waals surface area contributed by atoms with Gasteiger partial charge in [0, 0.05) is 69.5 Å². The van der Waals surface area contributed by atoms with Gasteiger partial charge in [0.1, 0.15) is 11.9 Å². The third kappa shape index (κ3) is 6.99. The number of benzene rings is 1. The molecule has 4 rings (SSSR count). The Kier molecular flexibility index (Phi) is 10.3. The van der Waals surface area contributed by atoms with Gasteiger partial charge in [-0.1, -0.05) is 38.1 Å². The van der Waals surface area contributed by atoms with E-state index in [1.54, 1.807) is 43.6 Å². The van der Waals surface area contributed by atoms with E-state index in [-0.39, 0.29) is 36.1 Å². The number of nitrogens with zero attached hydrogens (tertiary/aromatic N) is 5. The number of halogens is 1. The van der Waals surface area contributed by atoms with Gasteiger partial charge in [0.05, 0.1) is 11.7 Å². The number of ether oxygens (including phenoxy) is 1. The monoisotopic (exact) mass is 576 g/mol. The molecule has 1 saturated heterocycles. The van der Waals surface area contributed by atoms with Gasteiger partial charge in [0.25, 0.3) is 0 Å². The summed E-state index contributed by atoms with van der Waals surface area (Å²) < 4.78 is 20.9. The van der Waals surface area contributed by atoms with Crippen LogP contribution < -0.4 is 5.32 Å². The molecule has 1 aromatic carbocycles. The third-order valence-corrected chi connectivity index (χ3v) is 7.91. The molecule has 1 aliphatic rings. The van der Waals surface area contributed by atoms with Crippen molar-refractivity contribution in [1.29, 1.82) is 0 Å². The average molecular weight is 577 g/mol. The van der Waals surface area contributed by atoms with Gasteiger partial charge in [-0.05, 0) is 49.9 Å². The molecule has 9 nitrogen and oxygen atoms in total. The Morgan fingerprint density at radius 2 is 1.79 bits per heavy atom. The highest BCUT2D eigenvalue weighted by atomic mass is 19.1. The van der Waals surface area contributed by atoms with Crippen LogP contribution in [0.4, 0.5) is 4.39 Å². The van der Waals surface area contributed by atoms with Gasteiger partial charge in [-0.3, -0.25) is 19.5 Å². The quantitative estimate of drug-likeness (QED) is 0.385. The summed E-state index contributed by atoms with van der Waals surface area (Å²) >= 11 is 0. The molecule has 1 fully saturated rings. The van der Waals surface area contributed by atoms with Crippen LogP contribution in [0.3, 0.4) is 0 Å². The molecule has 2 aromatic heterocycles. The molecule has 3 heterocycles. The molecule has 0 spiro atoms. The molecular weight excluding hydrogens is 535 g/mol. The van der Waals surface area contributed by atoms with Crippen LogP contribution in [-0.2, 0) is 20.9 Å². The number of pyridine rings is 1. The van der Waals surface area contributed by atoms with Crippen LogP contribution in [0, 0.1) is 25.6 Å². The van der Waals surface area contributed by atoms with Crippen LogP contribution in [0.25, 0.3) is 11.4 Å². The molecule has 0 unspecified atom stereocenters. The first kappa shape index (κ1) is 31.2. The predicted molar refractivity (Wildman–Crippen MR) is 159 cm³/mol. The maximum Gasteiger partial charge on any atom is 0.244 e. The summed E-state index contributed by atoms with van der Waals surface area (Å²) in [4.78, 5) is 43.9. The SMILES string of the molecule is COCC[C@H](c1ncc(C)c(C)c1F)N1C[C@@H](C)N(C(=O)C(C)C)[C@@H](C(=O)NCc2ccc(-c3ncccn3)cc2)C1. The predicted octanol–water partition coefficient (Wildman–Crippen LogP) is 4.25. The second-order valence-corrected chi connectivity index (χ2v) is 11.3. The highest BCUT2D eigenvalue weighted by Crippen LogP contribution is 2.32. The van der Waals surface area contributed by atoms with E-state index >= 15 is 4.39 Å². The van der Waals surface area contributed by atoms with Gasteiger partial charge in [0.15, 0.2) is 5.82 Å². The number of hydrogen-bond donors (Lipinski definition) is 1. The lowest BCUT2D eigenvalue weighted by atomic mass is 9.97. The topological polar surface area (TPSA) is 101 Å². The summed E-state index contributed by atoms with van der Waals surface area (Å²) in [7, 11) is 1.61. The molecule has 0 radical (unpaired) electrons. The molecule has 3 atom stereocenters. The molecule has 1 aliphatic heterocycles. The lowest BCUT2D eigenvalue weighted by Gasteiger charge is -2.47. The van der Waals surface area contributed by atoms with Gasteiger partial charge < -0.3 is 15.0 Å². The molecule has 42 heavy (non-hydrogen) atoms. The minimum absolute atomic E-state index is 0.0848. The number of carbonyl (C=O) groups excluding carboxylic acids is 2. The number of aryl methyl sites for hydroxylation is 1. The Balaban J connectivity index is 1.57. The zero-order chi connectivity index (χ0) is 30.4. The number of amides is 2. The Bertz CT molecular complexity index is 1370. The third-order valence-electron chi connectivity index (χ3n) is 7.91. The Morgan fingerprint density at radius 1 is 1.10 bits per heavy atom. The van der Waals surface area contributed by atoms with Crippen molar-refractivity contribution >= 4 is 11.8 Å². The van der Waals surface area contributed by atoms with Crippen molar-refractivity contribution in [3.8, 4) is 11.4 Å². The van der Waals surface area contributed by atoms with Gasteiger partial charge in [-0.15, -0.1) is 0 Å². The first-order chi connectivity index (χ1) is 20.1. The van der Waals surface area contributed by atoms with E-state index < -0.39 is 12.1 Å². The van der Waals surface area contributed by atoms with E-state index in [1.165, 1.54) is 0 Å². The second-order valence-electron chi connectivity index (χ2n) is 11.3. The number of methoxy groups -OCH3 is 1. The molecular formula is C32H41FN6O3. The average Bonchev–Trinajstić information content (AvgIpc) is 2.99. The molecule has 1 N–H and O–H groups in total. The fraction of sp³-hybridized carbons (Fsp3) is 0.469. The maximum atomic E-state index is 15.5. The van der Waals surface area contributed by atoms with Crippen molar-refractivity contribution in [3.63, 3.8) is 0 Å². The Labute approximate surface area is 247 Å². The van der Waals surface area contributed by atoms with Crippen molar-refractivity contribution in [1.82, 2.24) is 30.1 Å². The summed E-state index contributed by atoms with van der Waals surface area (Å²) in [5.41, 5.74) is 3.47. The van der Waals surface area contributed by atoms with Gasteiger partial charge in [0.2, 0.25) is 11.8 Å². The molecule has 224 valence electrons. The number of carbonyl (C=O) groups is 2. The lowest BCUT2D eigenvalue weighted by Crippen LogP contribution is -2.65. The van der Waals surface area contributed by atoms with E-state index in [4.69, 9.17) is 4.74 Å². The molecule has 10 heteroatoms. The van der Waals surface area contributed by atoms with E-state index in [1.807, 2.05) is 52.0 Å². The van der Waals surface area contributed by atoms with Gasteiger partial charge >= 0.3 is 0 Å². The van der Waals surface area contributed by atoms with E-state index in [0.29, 0.717) is 43.2 Å². The Hall–Kier alpha value is -3.76. The zero-order valence-corrected chi connectivity index (χ0v) is 25.3. The summed E-state index contributed by atoms with van der Waals surface area (Å²) in [5, 5.41) is 3.04. The molecule has 0 saturated carbocycles. The van der Waals surface area contributed by atoms with E-state index in [9.17, 15) is 9.59 Å². The number of hydrogen-bond acceptors (Lipinski definition) is 7. The van der Waals surface area contributed by atoms with Crippen LogP contribution in [0.2, 0.25) is 0 Å². The normalized spacial score (nSPS) is 18.2. The van der Waals surface area contributed by atoms with Crippen molar-refractivity contribution in [2.75, 3.05) is 26.8 Å². The van der Waals surface area contributed by atoms with Crippen molar-refractivity contribution in [2.24, 2.45) is 5.92 Å². The fourth-order valence-electron chi connectivity index (χ4n) is 5.42. The van der Waals surface area contributed by atoms with Crippen LogP contribution in [0.1, 0.15) is 55.6 Å². The van der Waals surface area contributed by atoms with E-state index in [0.717, 1.165) is 16.7 Å². The highest BCUT2D eigenvalue weighted by Gasteiger charge is 2.42. The molecule has 0 bridgehead atoms. The summed E-state index contributed by atoms with van der Waals surface area (Å²) in [5.74, 6) is -0.321. The summed E-state index contributed by atoms with van der Waals surface area (Å²) in [6.45, 7) is 10.6. The summed E-state index contributed by atoms with van der Waals surface area (Å²) in [6, 6.07) is 8.02. The van der Waals surface area contributed by atoms with Crippen molar-refractivity contribution < 1.29 is 18.7 Å². The smallest absolute Gasteiger partial charge is 0.244 e.